The van der Waals surface area contributed by atoms with Crippen molar-refractivity contribution in [2.24, 2.45) is 5.41 Å². The van der Waals surface area contributed by atoms with Crippen molar-refractivity contribution in [1.29, 1.82) is 0 Å². The van der Waals surface area contributed by atoms with E-state index in [4.69, 9.17) is 9.47 Å². The number of ether oxygens (including phenoxy) is 2. The van der Waals surface area contributed by atoms with E-state index in [1.807, 2.05) is 19.1 Å². The van der Waals surface area contributed by atoms with Crippen LogP contribution in [0, 0.1) is 12.3 Å². The number of methoxy groups -OCH3 is 1. The molecule has 0 aliphatic rings. The Hall–Kier alpha value is -3.41. The lowest BCUT2D eigenvalue weighted by Gasteiger charge is -2.17. The molecule has 1 heterocycles. The average molecular weight is 421 g/mol. The number of carbonyl (C=O) groups is 3. The molecule has 162 valence electrons. The standard InChI is InChI=1S/C25H27NO5/c1-16-13-20(30-5)19(11-12-27)21-18(15-31-24(29)25(2,3)4)14-26(22(16)21)23(28)17-9-7-6-8-10-17/h6-10,12-14H,11,15H2,1-5H3. The molecule has 0 amide bonds. The third-order valence-electron chi connectivity index (χ3n) is 5.12. The molecule has 0 atom stereocenters. The maximum atomic E-state index is 13.3. The molecule has 1 aromatic heterocycles. The molecule has 0 aliphatic carbocycles. The van der Waals surface area contributed by atoms with E-state index in [-0.39, 0.29) is 24.9 Å². The fourth-order valence-electron chi connectivity index (χ4n) is 3.57. The highest BCUT2D eigenvalue weighted by Crippen LogP contribution is 2.36. The Morgan fingerprint density at radius 1 is 1.13 bits per heavy atom. The molecule has 0 unspecified atom stereocenters. The molecule has 0 saturated carbocycles. The van der Waals surface area contributed by atoms with E-state index in [1.54, 1.807) is 62.9 Å². The Bertz CT molecular complexity index is 1140. The number of nitrogens with zero attached hydrogens (tertiary/aromatic N) is 1. The fourth-order valence-corrected chi connectivity index (χ4v) is 3.57. The summed E-state index contributed by atoms with van der Waals surface area (Å²) in [6, 6.07) is 10.8. The first-order valence-electron chi connectivity index (χ1n) is 10.1. The van der Waals surface area contributed by atoms with E-state index in [2.05, 4.69) is 0 Å². The van der Waals surface area contributed by atoms with Gasteiger partial charge < -0.3 is 14.3 Å². The molecule has 0 aliphatic heterocycles. The molecule has 6 nitrogen and oxygen atoms in total. The topological polar surface area (TPSA) is 74.6 Å². The SMILES string of the molecule is COc1cc(C)c2c(c(COC(=O)C(C)(C)C)cn2C(=O)c2ccccc2)c1CC=O. The van der Waals surface area contributed by atoms with E-state index in [9.17, 15) is 14.4 Å². The molecule has 31 heavy (non-hydrogen) atoms. The molecule has 2 aromatic carbocycles. The van der Waals surface area contributed by atoms with Gasteiger partial charge >= 0.3 is 5.97 Å². The number of rotatable bonds is 6. The van der Waals surface area contributed by atoms with Crippen LogP contribution in [0.25, 0.3) is 10.9 Å². The van der Waals surface area contributed by atoms with Gasteiger partial charge in [-0.2, -0.15) is 0 Å². The van der Waals surface area contributed by atoms with E-state index >= 15 is 0 Å². The van der Waals surface area contributed by atoms with Crippen LogP contribution < -0.4 is 4.74 Å². The van der Waals surface area contributed by atoms with Crippen LogP contribution in [0.5, 0.6) is 5.75 Å². The summed E-state index contributed by atoms with van der Waals surface area (Å²) in [5.74, 6) is 0.00840. The average Bonchev–Trinajstić information content (AvgIpc) is 3.13. The van der Waals surface area contributed by atoms with Gasteiger partial charge in [0, 0.05) is 34.7 Å². The molecule has 0 radical (unpaired) electrons. The lowest BCUT2D eigenvalue weighted by molar-refractivity contribution is -0.154. The van der Waals surface area contributed by atoms with E-state index in [0.717, 1.165) is 11.8 Å². The predicted molar refractivity (Wildman–Crippen MR) is 118 cm³/mol. The van der Waals surface area contributed by atoms with Crippen molar-refractivity contribution in [2.75, 3.05) is 7.11 Å². The van der Waals surface area contributed by atoms with Gasteiger partial charge in [0.25, 0.3) is 5.91 Å². The third-order valence-corrected chi connectivity index (χ3v) is 5.12. The van der Waals surface area contributed by atoms with Crippen molar-refractivity contribution in [3.63, 3.8) is 0 Å². The minimum atomic E-state index is -0.655. The van der Waals surface area contributed by atoms with E-state index in [1.165, 1.54) is 0 Å². The Labute approximate surface area is 181 Å². The molecule has 0 fully saturated rings. The zero-order valence-corrected chi connectivity index (χ0v) is 18.5. The van der Waals surface area contributed by atoms with Crippen molar-refractivity contribution in [3.8, 4) is 5.75 Å². The van der Waals surface area contributed by atoms with Crippen LogP contribution in [0.15, 0.2) is 42.6 Å². The third kappa shape index (κ3) is 4.38. The minimum Gasteiger partial charge on any atom is -0.496 e. The van der Waals surface area contributed by atoms with Crippen molar-refractivity contribution < 1.29 is 23.9 Å². The highest BCUT2D eigenvalue weighted by molar-refractivity contribution is 6.05. The van der Waals surface area contributed by atoms with Crippen LogP contribution in [0.4, 0.5) is 0 Å². The highest BCUT2D eigenvalue weighted by Gasteiger charge is 2.26. The van der Waals surface area contributed by atoms with E-state index in [0.29, 0.717) is 33.3 Å². The van der Waals surface area contributed by atoms with Crippen LogP contribution in [-0.2, 0) is 27.4 Å². The van der Waals surface area contributed by atoms with Crippen molar-refractivity contribution in [1.82, 2.24) is 4.57 Å². The Kier molecular flexibility index (Phi) is 6.29. The van der Waals surface area contributed by atoms with Crippen molar-refractivity contribution in [3.05, 3.63) is 64.8 Å². The zero-order chi connectivity index (χ0) is 22.8. The Balaban J connectivity index is 2.23. The fraction of sp³-hybridized carbons (Fsp3) is 0.320. The molecule has 6 heteroatoms. The monoisotopic (exact) mass is 421 g/mol. The van der Waals surface area contributed by atoms with Crippen molar-refractivity contribution in [2.45, 2.75) is 40.7 Å². The van der Waals surface area contributed by atoms with Gasteiger partial charge in [-0.15, -0.1) is 0 Å². The van der Waals surface area contributed by atoms with Gasteiger partial charge in [0.05, 0.1) is 18.0 Å². The summed E-state index contributed by atoms with van der Waals surface area (Å²) in [5, 5.41) is 0.704. The second-order valence-corrected chi connectivity index (χ2v) is 8.49. The molecular formula is C25H27NO5. The molecule has 3 aromatic rings. The van der Waals surface area contributed by atoms with Gasteiger partial charge in [0.15, 0.2) is 0 Å². The lowest BCUT2D eigenvalue weighted by Crippen LogP contribution is -2.22. The predicted octanol–water partition coefficient (Wildman–Crippen LogP) is 4.48. The smallest absolute Gasteiger partial charge is 0.311 e. The zero-order valence-electron chi connectivity index (χ0n) is 18.5. The van der Waals surface area contributed by atoms with Gasteiger partial charge in [-0.1, -0.05) is 18.2 Å². The number of benzene rings is 2. The first kappa shape index (κ1) is 22.3. The summed E-state index contributed by atoms with van der Waals surface area (Å²) in [4.78, 5) is 37.1. The highest BCUT2D eigenvalue weighted by atomic mass is 16.5. The second kappa shape index (κ2) is 8.76. The number of aryl methyl sites for hydroxylation is 1. The van der Waals surface area contributed by atoms with Crippen molar-refractivity contribution >= 4 is 29.1 Å². The first-order chi connectivity index (χ1) is 14.7. The molecule has 0 N–H and O–H groups in total. The Morgan fingerprint density at radius 3 is 2.39 bits per heavy atom. The first-order valence-corrected chi connectivity index (χ1v) is 10.1. The molecule has 0 bridgehead atoms. The molecule has 3 rings (SSSR count). The maximum Gasteiger partial charge on any atom is 0.311 e. The van der Waals surface area contributed by atoms with Crippen LogP contribution >= 0.6 is 0 Å². The van der Waals surface area contributed by atoms with E-state index < -0.39 is 5.41 Å². The lowest BCUT2D eigenvalue weighted by atomic mass is 9.97. The number of hydrogen-bond donors (Lipinski definition) is 0. The van der Waals surface area contributed by atoms with Crippen LogP contribution in [-0.4, -0.2) is 29.8 Å². The normalized spacial score (nSPS) is 11.4. The quantitative estimate of drug-likeness (QED) is 0.433. The van der Waals surface area contributed by atoms with Gasteiger partial charge in [-0.05, 0) is 51.5 Å². The number of aromatic nitrogens is 1. The summed E-state index contributed by atoms with van der Waals surface area (Å²) in [6.45, 7) is 7.21. The van der Waals surface area contributed by atoms with Gasteiger partial charge in [0.2, 0.25) is 0 Å². The van der Waals surface area contributed by atoms with Crippen LogP contribution in [0.2, 0.25) is 0 Å². The number of esters is 1. The largest absolute Gasteiger partial charge is 0.496 e. The summed E-state index contributed by atoms with van der Waals surface area (Å²) in [6.07, 6.45) is 2.61. The number of carbonyl (C=O) groups excluding carboxylic acids is 3. The summed E-state index contributed by atoms with van der Waals surface area (Å²) < 4.78 is 12.6. The summed E-state index contributed by atoms with van der Waals surface area (Å²) in [5.41, 5.74) is 2.69. The molecule has 0 saturated heterocycles. The minimum absolute atomic E-state index is 0.0138. The number of fused-ring (bicyclic) bond motifs is 1. The van der Waals surface area contributed by atoms with Gasteiger partial charge in [-0.3, -0.25) is 14.2 Å². The van der Waals surface area contributed by atoms with Gasteiger partial charge in [0.1, 0.15) is 18.6 Å². The summed E-state index contributed by atoms with van der Waals surface area (Å²) >= 11 is 0. The Morgan fingerprint density at radius 2 is 1.81 bits per heavy atom. The molecule has 0 spiro atoms. The summed E-state index contributed by atoms with van der Waals surface area (Å²) in [7, 11) is 1.54. The van der Waals surface area contributed by atoms with Gasteiger partial charge in [-0.25, -0.2) is 0 Å². The number of hydrogen-bond acceptors (Lipinski definition) is 5. The second-order valence-electron chi connectivity index (χ2n) is 8.49. The van der Waals surface area contributed by atoms with Crippen LogP contribution in [0.1, 0.15) is 47.8 Å². The number of aldehydes is 1. The molecular weight excluding hydrogens is 394 g/mol. The maximum absolute atomic E-state index is 13.3. The van der Waals surface area contributed by atoms with Crippen LogP contribution in [0.3, 0.4) is 0 Å².